The highest BCUT2D eigenvalue weighted by Crippen LogP contribution is 2.20. The summed E-state index contributed by atoms with van der Waals surface area (Å²) in [5, 5.41) is 0.620. The maximum absolute atomic E-state index is 5.88. The van der Waals surface area contributed by atoms with E-state index in [1.807, 2.05) is 24.3 Å². The van der Waals surface area contributed by atoms with Gasteiger partial charge in [-0.1, -0.05) is 30.7 Å². The van der Waals surface area contributed by atoms with Crippen LogP contribution in [0.5, 0.6) is 0 Å². The van der Waals surface area contributed by atoms with Gasteiger partial charge in [0, 0.05) is 13.1 Å². The predicted octanol–water partition coefficient (Wildman–Crippen LogP) is 3.32. The van der Waals surface area contributed by atoms with E-state index in [2.05, 4.69) is 18.4 Å². The molecule has 0 aromatic heterocycles. The van der Waals surface area contributed by atoms with Crippen LogP contribution >= 0.6 is 11.6 Å². The fourth-order valence-corrected chi connectivity index (χ4v) is 1.80. The van der Waals surface area contributed by atoms with Crippen LogP contribution in [0.15, 0.2) is 30.9 Å². The van der Waals surface area contributed by atoms with Gasteiger partial charge in [0.2, 0.25) is 0 Å². The van der Waals surface area contributed by atoms with E-state index < -0.39 is 0 Å². The molecule has 1 aromatic rings. The number of nitrogens with two attached hydrogens (primary N) is 1. The summed E-state index contributed by atoms with van der Waals surface area (Å²) in [6, 6.07) is 5.81. The molecule has 0 heterocycles. The molecular weight excluding hydrogens is 220 g/mol. The molecule has 2 N–H and O–H groups in total. The molecule has 3 heteroatoms. The van der Waals surface area contributed by atoms with Crippen molar-refractivity contribution in [2.45, 2.75) is 19.9 Å². The third-order valence-corrected chi connectivity index (χ3v) is 2.74. The maximum atomic E-state index is 5.88. The molecule has 0 radical (unpaired) electrons. The van der Waals surface area contributed by atoms with Crippen LogP contribution in [0.3, 0.4) is 0 Å². The standard InChI is InChI=1S/C13H19ClN2/c1-3-7-16(8-4-2)10-11-5-6-12(14)13(15)9-11/h3,5-6,9H,1,4,7-8,10,15H2,2H3. The van der Waals surface area contributed by atoms with Crippen molar-refractivity contribution in [2.24, 2.45) is 0 Å². The van der Waals surface area contributed by atoms with E-state index in [1.165, 1.54) is 5.56 Å². The number of benzene rings is 1. The van der Waals surface area contributed by atoms with Gasteiger partial charge < -0.3 is 5.73 Å². The molecule has 0 amide bonds. The van der Waals surface area contributed by atoms with Gasteiger partial charge in [0.25, 0.3) is 0 Å². The lowest BCUT2D eigenvalue weighted by Gasteiger charge is -2.20. The van der Waals surface area contributed by atoms with E-state index in [9.17, 15) is 0 Å². The summed E-state index contributed by atoms with van der Waals surface area (Å²) in [5.74, 6) is 0. The summed E-state index contributed by atoms with van der Waals surface area (Å²) in [6.07, 6.45) is 3.06. The molecule has 1 rings (SSSR count). The number of nitrogens with zero attached hydrogens (tertiary/aromatic N) is 1. The summed E-state index contributed by atoms with van der Waals surface area (Å²) in [7, 11) is 0. The number of hydrogen-bond donors (Lipinski definition) is 1. The SMILES string of the molecule is C=CCN(CCC)Cc1ccc(Cl)c(N)c1. The van der Waals surface area contributed by atoms with Crippen LogP contribution in [-0.4, -0.2) is 18.0 Å². The maximum Gasteiger partial charge on any atom is 0.0635 e. The molecule has 0 saturated carbocycles. The summed E-state index contributed by atoms with van der Waals surface area (Å²) < 4.78 is 0. The first kappa shape index (κ1) is 13.1. The first-order valence-electron chi connectivity index (χ1n) is 5.54. The van der Waals surface area contributed by atoms with Gasteiger partial charge in [0.05, 0.1) is 10.7 Å². The molecule has 0 aliphatic rings. The number of anilines is 1. The average Bonchev–Trinajstić information content (AvgIpc) is 2.24. The third kappa shape index (κ3) is 3.87. The zero-order chi connectivity index (χ0) is 12.0. The third-order valence-electron chi connectivity index (χ3n) is 2.39. The van der Waals surface area contributed by atoms with Gasteiger partial charge in [-0.25, -0.2) is 0 Å². The summed E-state index contributed by atoms with van der Waals surface area (Å²) >= 11 is 5.88. The zero-order valence-corrected chi connectivity index (χ0v) is 10.5. The van der Waals surface area contributed by atoms with E-state index in [-0.39, 0.29) is 0 Å². The Kier molecular flexibility index (Phi) is 5.36. The minimum atomic E-state index is 0.620. The highest BCUT2D eigenvalue weighted by atomic mass is 35.5. The van der Waals surface area contributed by atoms with Crippen LogP contribution < -0.4 is 5.73 Å². The highest BCUT2D eigenvalue weighted by molar-refractivity contribution is 6.33. The van der Waals surface area contributed by atoms with E-state index in [4.69, 9.17) is 17.3 Å². The number of halogens is 1. The van der Waals surface area contributed by atoms with Crippen molar-refractivity contribution in [1.29, 1.82) is 0 Å². The van der Waals surface area contributed by atoms with E-state index >= 15 is 0 Å². The fraction of sp³-hybridized carbons (Fsp3) is 0.385. The Morgan fingerprint density at radius 1 is 1.50 bits per heavy atom. The van der Waals surface area contributed by atoms with Crippen molar-refractivity contribution in [3.63, 3.8) is 0 Å². The average molecular weight is 239 g/mol. The molecule has 0 bridgehead atoms. The second kappa shape index (κ2) is 6.56. The summed E-state index contributed by atoms with van der Waals surface area (Å²) in [5.41, 5.74) is 7.61. The normalized spacial score (nSPS) is 10.7. The molecule has 0 saturated heterocycles. The molecule has 0 fully saturated rings. The van der Waals surface area contributed by atoms with Gasteiger partial charge >= 0.3 is 0 Å². The molecule has 0 aliphatic carbocycles. The van der Waals surface area contributed by atoms with Crippen LogP contribution in [0.2, 0.25) is 5.02 Å². The van der Waals surface area contributed by atoms with Gasteiger partial charge in [0.15, 0.2) is 0 Å². The fourth-order valence-electron chi connectivity index (χ4n) is 1.68. The monoisotopic (exact) mass is 238 g/mol. The van der Waals surface area contributed by atoms with Crippen molar-refractivity contribution in [3.05, 3.63) is 41.4 Å². The Bertz CT molecular complexity index is 350. The number of hydrogen-bond acceptors (Lipinski definition) is 2. The van der Waals surface area contributed by atoms with E-state index in [0.717, 1.165) is 26.1 Å². The van der Waals surface area contributed by atoms with Gasteiger partial charge in [-0.3, -0.25) is 4.90 Å². The van der Waals surface area contributed by atoms with Crippen molar-refractivity contribution in [2.75, 3.05) is 18.8 Å². The molecule has 0 atom stereocenters. The lowest BCUT2D eigenvalue weighted by Crippen LogP contribution is -2.24. The first-order valence-corrected chi connectivity index (χ1v) is 5.92. The smallest absolute Gasteiger partial charge is 0.0635 e. The van der Waals surface area contributed by atoms with Crippen molar-refractivity contribution in [1.82, 2.24) is 4.90 Å². The molecule has 2 nitrogen and oxygen atoms in total. The van der Waals surface area contributed by atoms with Gasteiger partial charge in [-0.15, -0.1) is 6.58 Å². The van der Waals surface area contributed by atoms with Gasteiger partial charge in [-0.2, -0.15) is 0 Å². The Morgan fingerprint density at radius 2 is 2.25 bits per heavy atom. The minimum absolute atomic E-state index is 0.620. The highest BCUT2D eigenvalue weighted by Gasteiger charge is 2.04. The second-order valence-electron chi connectivity index (χ2n) is 3.88. The largest absolute Gasteiger partial charge is 0.398 e. The Hall–Kier alpha value is -0.990. The Labute approximate surface area is 103 Å². The van der Waals surface area contributed by atoms with E-state index in [0.29, 0.717) is 10.7 Å². The number of nitrogen functional groups attached to an aromatic ring is 1. The molecule has 0 spiro atoms. The molecule has 88 valence electrons. The topological polar surface area (TPSA) is 29.3 Å². The van der Waals surface area contributed by atoms with Crippen LogP contribution in [0, 0.1) is 0 Å². The molecule has 0 aliphatic heterocycles. The van der Waals surface area contributed by atoms with Crippen LogP contribution in [0.1, 0.15) is 18.9 Å². The van der Waals surface area contributed by atoms with Crippen molar-refractivity contribution < 1.29 is 0 Å². The molecular formula is C13H19ClN2. The second-order valence-corrected chi connectivity index (χ2v) is 4.29. The predicted molar refractivity (Wildman–Crippen MR) is 71.6 cm³/mol. The first-order chi connectivity index (χ1) is 7.67. The van der Waals surface area contributed by atoms with Crippen molar-refractivity contribution >= 4 is 17.3 Å². The molecule has 16 heavy (non-hydrogen) atoms. The lowest BCUT2D eigenvalue weighted by molar-refractivity contribution is 0.295. The van der Waals surface area contributed by atoms with E-state index in [1.54, 1.807) is 0 Å². The summed E-state index contributed by atoms with van der Waals surface area (Å²) in [4.78, 5) is 2.33. The van der Waals surface area contributed by atoms with Crippen molar-refractivity contribution in [3.8, 4) is 0 Å². The van der Waals surface area contributed by atoms with Crippen LogP contribution in [0.25, 0.3) is 0 Å². The lowest BCUT2D eigenvalue weighted by atomic mass is 10.2. The Balaban J connectivity index is 2.68. The van der Waals surface area contributed by atoms with Gasteiger partial charge in [0.1, 0.15) is 0 Å². The molecule has 0 unspecified atom stereocenters. The quantitative estimate of drug-likeness (QED) is 0.609. The zero-order valence-electron chi connectivity index (χ0n) is 9.75. The minimum Gasteiger partial charge on any atom is -0.398 e. The Morgan fingerprint density at radius 3 is 2.81 bits per heavy atom. The molecule has 1 aromatic carbocycles. The van der Waals surface area contributed by atoms with Gasteiger partial charge in [-0.05, 0) is 30.7 Å². The van der Waals surface area contributed by atoms with Crippen LogP contribution in [0.4, 0.5) is 5.69 Å². The van der Waals surface area contributed by atoms with Crippen LogP contribution in [-0.2, 0) is 6.54 Å². The summed E-state index contributed by atoms with van der Waals surface area (Å²) in [6.45, 7) is 8.79. The number of rotatable bonds is 6.